The van der Waals surface area contributed by atoms with Gasteiger partial charge in [-0.25, -0.2) is 0 Å². The molecule has 0 fully saturated rings. The third-order valence-corrected chi connectivity index (χ3v) is 1.27. The first-order valence-electron chi connectivity index (χ1n) is 3.16. The summed E-state index contributed by atoms with van der Waals surface area (Å²) in [6.45, 7) is 7.25. The highest BCUT2D eigenvalue weighted by molar-refractivity contribution is 5.30. The first kappa shape index (κ1) is 6.87. The van der Waals surface area contributed by atoms with Gasteiger partial charge in [-0.2, -0.15) is 0 Å². The fourth-order valence-electron chi connectivity index (χ4n) is 0.751. The Hall–Kier alpha value is -1.24. The molecule has 0 amide bonds. The van der Waals surface area contributed by atoms with Crippen molar-refractivity contribution in [3.05, 3.63) is 49.0 Å². The van der Waals surface area contributed by atoms with Crippen LogP contribution in [-0.2, 0) is 4.74 Å². The maximum Gasteiger partial charge on any atom is 0.122 e. The monoisotopic (exact) mass is 134 g/mol. The third-order valence-electron chi connectivity index (χ3n) is 1.27. The van der Waals surface area contributed by atoms with Crippen molar-refractivity contribution in [1.29, 1.82) is 0 Å². The van der Waals surface area contributed by atoms with Gasteiger partial charge in [0.15, 0.2) is 0 Å². The maximum absolute atomic E-state index is 5.03. The summed E-state index contributed by atoms with van der Waals surface area (Å²) in [6.07, 6.45) is 8.10. The van der Waals surface area contributed by atoms with Crippen molar-refractivity contribution < 1.29 is 4.74 Å². The first-order chi connectivity index (χ1) is 4.83. The van der Waals surface area contributed by atoms with Gasteiger partial charge in [-0.1, -0.05) is 24.8 Å². The molecule has 0 atom stereocenters. The molecule has 52 valence electrons. The van der Waals surface area contributed by atoms with Crippen molar-refractivity contribution in [3.8, 4) is 0 Å². The Morgan fingerprint density at radius 2 is 2.30 bits per heavy atom. The molecule has 0 radical (unpaired) electrons. The summed E-state index contributed by atoms with van der Waals surface area (Å²) in [4.78, 5) is 0. The lowest BCUT2D eigenvalue weighted by Crippen LogP contribution is -1.87. The number of allylic oxidation sites excluding steroid dienone is 4. The molecule has 0 unspecified atom stereocenters. The Labute approximate surface area is 61.0 Å². The lowest BCUT2D eigenvalue weighted by Gasteiger charge is -2.05. The van der Waals surface area contributed by atoms with Crippen LogP contribution in [0.1, 0.15) is 6.42 Å². The number of ether oxygens (including phenoxy) is 1. The molecule has 1 heteroatoms. The molecule has 0 saturated heterocycles. The van der Waals surface area contributed by atoms with Crippen LogP contribution in [0.5, 0.6) is 0 Å². The van der Waals surface area contributed by atoms with Crippen LogP contribution in [0.4, 0.5) is 0 Å². The summed E-state index contributed by atoms with van der Waals surface area (Å²) in [7, 11) is 0. The van der Waals surface area contributed by atoms with Gasteiger partial charge in [0.25, 0.3) is 0 Å². The molecule has 0 aromatic heterocycles. The summed E-state index contributed by atoms with van der Waals surface area (Å²) < 4.78 is 5.03. The van der Waals surface area contributed by atoms with Crippen molar-refractivity contribution in [2.75, 3.05) is 0 Å². The Morgan fingerprint density at radius 3 is 2.80 bits per heavy atom. The molecule has 0 spiro atoms. The minimum atomic E-state index is 0.849. The zero-order valence-electron chi connectivity index (χ0n) is 5.84. The van der Waals surface area contributed by atoms with Crippen molar-refractivity contribution in [3.63, 3.8) is 0 Å². The fraction of sp³-hybridized carbons (Fsp3) is 0.111. The highest BCUT2D eigenvalue weighted by Gasteiger charge is 1.97. The van der Waals surface area contributed by atoms with Gasteiger partial charge in [0, 0.05) is 0 Å². The molecule has 0 aromatic rings. The summed E-state index contributed by atoms with van der Waals surface area (Å²) in [5, 5.41) is 0. The van der Waals surface area contributed by atoms with E-state index in [0.29, 0.717) is 0 Å². The van der Waals surface area contributed by atoms with E-state index in [2.05, 4.69) is 13.2 Å². The predicted octanol–water partition coefficient (Wildman–Crippen LogP) is 2.55. The van der Waals surface area contributed by atoms with Crippen LogP contribution in [0.3, 0.4) is 0 Å². The summed E-state index contributed by atoms with van der Waals surface area (Å²) in [5.41, 5.74) is 1.11. The number of hydrogen-bond donors (Lipinski definition) is 0. The third kappa shape index (κ3) is 1.62. The van der Waals surface area contributed by atoms with E-state index in [-0.39, 0.29) is 0 Å². The molecule has 0 heterocycles. The molecule has 1 aliphatic carbocycles. The minimum Gasteiger partial charge on any atom is -0.466 e. The van der Waals surface area contributed by atoms with Gasteiger partial charge in [0.2, 0.25) is 0 Å². The number of hydrogen-bond acceptors (Lipinski definition) is 1. The van der Waals surface area contributed by atoms with Gasteiger partial charge >= 0.3 is 0 Å². The van der Waals surface area contributed by atoms with Crippen molar-refractivity contribution >= 4 is 0 Å². The Bertz CT molecular complexity index is 209. The lowest BCUT2D eigenvalue weighted by atomic mass is 10.1. The highest BCUT2D eigenvalue weighted by Crippen LogP contribution is 2.14. The normalized spacial score (nSPS) is 16.4. The second kappa shape index (κ2) is 3.06. The molecule has 1 rings (SSSR count). The summed E-state index contributed by atoms with van der Waals surface area (Å²) in [5.74, 6) is 0.849. The van der Waals surface area contributed by atoms with E-state index in [4.69, 9.17) is 4.74 Å². The minimum absolute atomic E-state index is 0.849. The second-order valence-electron chi connectivity index (χ2n) is 2.09. The largest absolute Gasteiger partial charge is 0.466 e. The second-order valence-corrected chi connectivity index (χ2v) is 2.09. The molecule has 0 bridgehead atoms. The van der Waals surface area contributed by atoms with Crippen LogP contribution in [-0.4, -0.2) is 0 Å². The molecular weight excluding hydrogens is 124 g/mol. The Kier molecular flexibility index (Phi) is 2.11. The van der Waals surface area contributed by atoms with Crippen LogP contribution in [0, 0.1) is 0 Å². The van der Waals surface area contributed by atoms with Gasteiger partial charge in [-0.05, 0) is 18.6 Å². The zero-order chi connectivity index (χ0) is 7.40. The zero-order valence-corrected chi connectivity index (χ0v) is 5.84. The van der Waals surface area contributed by atoms with Crippen molar-refractivity contribution in [2.24, 2.45) is 0 Å². The van der Waals surface area contributed by atoms with Gasteiger partial charge in [-0.3, -0.25) is 0 Å². The smallest absolute Gasteiger partial charge is 0.122 e. The van der Waals surface area contributed by atoms with Crippen LogP contribution in [0.2, 0.25) is 0 Å². The van der Waals surface area contributed by atoms with E-state index < -0.39 is 0 Å². The molecule has 1 nitrogen and oxygen atoms in total. The SMILES string of the molecule is C=COC1=CCC(=C)C=C1. The van der Waals surface area contributed by atoms with E-state index in [0.717, 1.165) is 17.8 Å². The summed E-state index contributed by atoms with van der Waals surface area (Å²) >= 11 is 0. The van der Waals surface area contributed by atoms with Gasteiger partial charge in [0.1, 0.15) is 5.76 Å². The van der Waals surface area contributed by atoms with Gasteiger partial charge in [0.05, 0.1) is 6.26 Å². The average molecular weight is 134 g/mol. The number of rotatable bonds is 2. The first-order valence-corrected chi connectivity index (χ1v) is 3.16. The Morgan fingerprint density at radius 1 is 1.50 bits per heavy atom. The molecular formula is C9H10O. The fourth-order valence-corrected chi connectivity index (χ4v) is 0.751. The van der Waals surface area contributed by atoms with Crippen molar-refractivity contribution in [1.82, 2.24) is 0 Å². The van der Waals surface area contributed by atoms with Crippen LogP contribution < -0.4 is 0 Å². The van der Waals surface area contributed by atoms with Crippen LogP contribution >= 0.6 is 0 Å². The van der Waals surface area contributed by atoms with E-state index in [1.807, 2.05) is 18.2 Å². The molecule has 10 heavy (non-hydrogen) atoms. The van der Waals surface area contributed by atoms with E-state index >= 15 is 0 Å². The molecule has 1 aliphatic rings. The topological polar surface area (TPSA) is 9.23 Å². The van der Waals surface area contributed by atoms with E-state index in [1.165, 1.54) is 6.26 Å². The van der Waals surface area contributed by atoms with Crippen LogP contribution in [0.25, 0.3) is 0 Å². The quantitative estimate of drug-likeness (QED) is 0.527. The van der Waals surface area contributed by atoms with Crippen molar-refractivity contribution in [2.45, 2.75) is 6.42 Å². The van der Waals surface area contributed by atoms with E-state index in [1.54, 1.807) is 0 Å². The molecule has 0 aliphatic heterocycles. The van der Waals surface area contributed by atoms with Gasteiger partial charge in [-0.15, -0.1) is 0 Å². The summed E-state index contributed by atoms with van der Waals surface area (Å²) in [6, 6.07) is 0. The predicted molar refractivity (Wildman–Crippen MR) is 42.3 cm³/mol. The van der Waals surface area contributed by atoms with E-state index in [9.17, 15) is 0 Å². The molecule has 0 saturated carbocycles. The average Bonchev–Trinajstić information content (AvgIpc) is 1.95. The van der Waals surface area contributed by atoms with Crippen LogP contribution in [0.15, 0.2) is 49.0 Å². The van der Waals surface area contributed by atoms with Gasteiger partial charge < -0.3 is 4.74 Å². The molecule has 0 N–H and O–H groups in total. The molecule has 0 aromatic carbocycles. The Balaban J connectivity index is 2.58. The standard InChI is InChI=1S/C9H10O/c1-3-10-9-6-4-8(2)5-7-9/h3-4,6-7H,1-2,5H2. The maximum atomic E-state index is 5.03. The lowest BCUT2D eigenvalue weighted by molar-refractivity contribution is 0.367. The highest BCUT2D eigenvalue weighted by atomic mass is 16.5.